The van der Waals surface area contributed by atoms with Crippen LogP contribution in [0, 0.1) is 0 Å². The summed E-state index contributed by atoms with van der Waals surface area (Å²) in [5.41, 5.74) is 1.83. The van der Waals surface area contributed by atoms with Crippen molar-refractivity contribution in [3.8, 4) is 11.4 Å². The van der Waals surface area contributed by atoms with Gasteiger partial charge in [0.15, 0.2) is 5.76 Å². The highest BCUT2D eigenvalue weighted by atomic mass is 19.3. The van der Waals surface area contributed by atoms with Crippen molar-refractivity contribution in [2.75, 3.05) is 11.9 Å². The first-order valence-corrected chi connectivity index (χ1v) is 10.5. The fourth-order valence-corrected chi connectivity index (χ4v) is 4.20. The number of amides is 2. The Kier molecular flexibility index (Phi) is 5.37. The van der Waals surface area contributed by atoms with Crippen LogP contribution in [0.1, 0.15) is 29.9 Å². The lowest BCUT2D eigenvalue weighted by Gasteiger charge is -2.23. The first-order valence-electron chi connectivity index (χ1n) is 10.5. The Morgan fingerprint density at radius 2 is 1.85 bits per heavy atom. The summed E-state index contributed by atoms with van der Waals surface area (Å²) in [6, 6.07) is 15.9. The maximum absolute atomic E-state index is 13.7. The number of halogens is 2. The van der Waals surface area contributed by atoms with Gasteiger partial charge in [-0.2, -0.15) is 8.78 Å². The van der Waals surface area contributed by atoms with Gasteiger partial charge in [-0.05, 0) is 61.4 Å². The molecule has 1 fully saturated rings. The van der Waals surface area contributed by atoms with Crippen LogP contribution in [0.4, 0.5) is 14.5 Å². The van der Waals surface area contributed by atoms with Gasteiger partial charge < -0.3 is 14.6 Å². The Morgan fingerprint density at radius 1 is 1.06 bits per heavy atom. The molecule has 5 rings (SSSR count). The molecule has 0 bridgehead atoms. The summed E-state index contributed by atoms with van der Waals surface area (Å²) in [5.74, 6) is -0.282. The molecule has 168 valence electrons. The number of para-hydroxylation sites is 2. The molecule has 1 N–H and O–H groups in total. The fourth-order valence-electron chi connectivity index (χ4n) is 4.20. The molecule has 33 heavy (non-hydrogen) atoms. The molecule has 4 aromatic rings. The van der Waals surface area contributed by atoms with Crippen LogP contribution in [-0.2, 0) is 4.79 Å². The highest BCUT2D eigenvalue weighted by Gasteiger charge is 2.35. The number of nitrogens with one attached hydrogen (secondary N) is 1. The van der Waals surface area contributed by atoms with Gasteiger partial charge in [-0.1, -0.05) is 12.1 Å². The lowest BCUT2D eigenvalue weighted by atomic mass is 10.1. The van der Waals surface area contributed by atoms with Gasteiger partial charge in [0.1, 0.15) is 11.9 Å². The second-order valence-electron chi connectivity index (χ2n) is 7.77. The molecule has 3 heterocycles. The molecule has 0 saturated carbocycles. The van der Waals surface area contributed by atoms with Crippen molar-refractivity contribution in [3.05, 3.63) is 72.7 Å². The molecular weight excluding hydrogens is 430 g/mol. The standard InChI is InChI=1S/C24H20F2N4O3/c25-24(26)30-18-6-2-1-5-17(18)28-21(30)15-9-11-16(12-10-15)27-22(31)19-7-3-13-29(19)23(32)20-8-4-14-33-20/h1-2,4-6,8-12,14,19,24H,3,7,13H2,(H,27,31)/t19-/m0/s1. The predicted molar refractivity (Wildman–Crippen MR) is 118 cm³/mol. The minimum Gasteiger partial charge on any atom is -0.459 e. The summed E-state index contributed by atoms with van der Waals surface area (Å²) in [6.45, 7) is -2.27. The predicted octanol–water partition coefficient (Wildman–Crippen LogP) is 4.93. The van der Waals surface area contributed by atoms with Gasteiger partial charge in [0.05, 0.1) is 17.3 Å². The van der Waals surface area contributed by atoms with E-state index in [0.717, 1.165) is 4.57 Å². The molecule has 1 saturated heterocycles. The van der Waals surface area contributed by atoms with Crippen LogP contribution >= 0.6 is 0 Å². The van der Waals surface area contributed by atoms with Gasteiger partial charge >= 0.3 is 6.55 Å². The maximum Gasteiger partial charge on any atom is 0.320 e. The number of carbonyl (C=O) groups excluding carboxylic acids is 2. The Morgan fingerprint density at radius 3 is 2.58 bits per heavy atom. The van der Waals surface area contributed by atoms with Crippen LogP contribution in [0.15, 0.2) is 71.3 Å². The second-order valence-corrected chi connectivity index (χ2v) is 7.77. The number of anilines is 1. The zero-order chi connectivity index (χ0) is 22.9. The number of rotatable bonds is 5. The largest absolute Gasteiger partial charge is 0.459 e. The summed E-state index contributed by atoms with van der Waals surface area (Å²) < 4.78 is 33.5. The molecule has 0 unspecified atom stereocenters. The van der Waals surface area contributed by atoms with Gasteiger partial charge in [0.25, 0.3) is 5.91 Å². The lowest BCUT2D eigenvalue weighted by Crippen LogP contribution is -2.43. The smallest absolute Gasteiger partial charge is 0.320 e. The van der Waals surface area contributed by atoms with Crippen molar-refractivity contribution >= 4 is 28.5 Å². The number of nitrogens with zero attached hydrogens (tertiary/aromatic N) is 3. The molecule has 2 amide bonds. The second kappa shape index (κ2) is 8.50. The number of hydrogen-bond donors (Lipinski definition) is 1. The first-order chi connectivity index (χ1) is 16.0. The zero-order valence-electron chi connectivity index (χ0n) is 17.4. The van der Waals surface area contributed by atoms with Crippen molar-refractivity contribution < 1.29 is 22.8 Å². The average Bonchev–Trinajstić information content (AvgIpc) is 3.58. The van der Waals surface area contributed by atoms with Gasteiger partial charge in [-0.15, -0.1) is 0 Å². The van der Waals surface area contributed by atoms with Crippen molar-refractivity contribution in [2.45, 2.75) is 25.4 Å². The van der Waals surface area contributed by atoms with E-state index in [2.05, 4.69) is 10.3 Å². The van der Waals surface area contributed by atoms with Crippen LogP contribution < -0.4 is 5.32 Å². The quantitative estimate of drug-likeness (QED) is 0.467. The third kappa shape index (κ3) is 3.86. The Hall–Kier alpha value is -4.01. The number of furan rings is 1. The molecule has 1 aliphatic heterocycles. The number of fused-ring (bicyclic) bond motifs is 1. The van der Waals surface area contributed by atoms with E-state index in [1.165, 1.54) is 11.2 Å². The Bertz CT molecular complexity index is 1300. The molecular formula is C24H20F2N4O3. The van der Waals surface area contributed by atoms with Crippen LogP contribution in [0.3, 0.4) is 0 Å². The molecule has 1 aliphatic rings. The number of aromatic nitrogens is 2. The molecule has 0 spiro atoms. The summed E-state index contributed by atoms with van der Waals surface area (Å²) in [6.07, 6.45) is 2.68. The van der Waals surface area contributed by atoms with Gasteiger partial charge in [0, 0.05) is 17.8 Å². The average molecular weight is 450 g/mol. The number of carbonyl (C=O) groups is 2. The number of alkyl halides is 2. The van der Waals surface area contributed by atoms with E-state index in [0.29, 0.717) is 41.7 Å². The summed E-state index contributed by atoms with van der Waals surface area (Å²) in [7, 11) is 0. The maximum atomic E-state index is 13.7. The summed E-state index contributed by atoms with van der Waals surface area (Å²) in [5, 5.41) is 2.82. The van der Waals surface area contributed by atoms with E-state index in [9.17, 15) is 18.4 Å². The van der Waals surface area contributed by atoms with E-state index in [-0.39, 0.29) is 23.4 Å². The molecule has 9 heteroatoms. The van der Waals surface area contributed by atoms with E-state index >= 15 is 0 Å². The van der Waals surface area contributed by atoms with Crippen LogP contribution in [0.25, 0.3) is 22.4 Å². The van der Waals surface area contributed by atoms with Gasteiger partial charge in [-0.25, -0.2) is 4.98 Å². The Labute approximate surface area is 187 Å². The van der Waals surface area contributed by atoms with E-state index in [4.69, 9.17) is 4.42 Å². The Balaban J connectivity index is 1.34. The first kappa shape index (κ1) is 20.9. The van der Waals surface area contributed by atoms with Crippen molar-refractivity contribution in [3.63, 3.8) is 0 Å². The lowest BCUT2D eigenvalue weighted by molar-refractivity contribution is -0.119. The number of likely N-dealkylation sites (tertiary alicyclic amines) is 1. The SMILES string of the molecule is O=C(Nc1ccc(-c2nc3ccccc3n2C(F)F)cc1)[C@@H]1CCCN1C(=O)c1ccco1. The monoisotopic (exact) mass is 450 g/mol. The van der Waals surface area contributed by atoms with E-state index < -0.39 is 12.6 Å². The summed E-state index contributed by atoms with van der Waals surface area (Å²) >= 11 is 0. The molecule has 0 radical (unpaired) electrons. The minimum absolute atomic E-state index is 0.148. The third-order valence-corrected chi connectivity index (χ3v) is 5.75. The van der Waals surface area contributed by atoms with Crippen LogP contribution in [-0.4, -0.2) is 38.9 Å². The molecule has 7 nitrogen and oxygen atoms in total. The van der Waals surface area contributed by atoms with Crippen LogP contribution in [0.2, 0.25) is 0 Å². The number of hydrogen-bond acceptors (Lipinski definition) is 4. The van der Waals surface area contributed by atoms with Crippen LogP contribution in [0.5, 0.6) is 0 Å². The fraction of sp³-hybridized carbons (Fsp3) is 0.208. The van der Waals surface area contributed by atoms with Crippen molar-refractivity contribution in [1.29, 1.82) is 0 Å². The van der Waals surface area contributed by atoms with E-state index in [1.54, 1.807) is 60.7 Å². The topological polar surface area (TPSA) is 80.4 Å². The molecule has 2 aromatic heterocycles. The number of benzene rings is 2. The number of imidazole rings is 1. The van der Waals surface area contributed by atoms with E-state index in [1.807, 2.05) is 0 Å². The van der Waals surface area contributed by atoms with Crippen molar-refractivity contribution in [2.24, 2.45) is 0 Å². The third-order valence-electron chi connectivity index (χ3n) is 5.75. The van der Waals surface area contributed by atoms with Gasteiger partial charge in [-0.3, -0.25) is 14.2 Å². The molecule has 1 atom stereocenters. The van der Waals surface area contributed by atoms with Crippen molar-refractivity contribution in [1.82, 2.24) is 14.5 Å². The van der Waals surface area contributed by atoms with Gasteiger partial charge in [0.2, 0.25) is 5.91 Å². The minimum atomic E-state index is -2.74. The highest BCUT2D eigenvalue weighted by Crippen LogP contribution is 2.30. The summed E-state index contributed by atoms with van der Waals surface area (Å²) in [4.78, 5) is 31.3. The highest BCUT2D eigenvalue weighted by molar-refractivity contribution is 6.00. The molecule has 0 aliphatic carbocycles. The molecule has 2 aromatic carbocycles. The normalized spacial score (nSPS) is 16.0. The zero-order valence-corrected chi connectivity index (χ0v) is 17.4.